The Kier molecular flexibility index (Phi) is 5.48. The molecule has 1 aromatic carbocycles. The van der Waals surface area contributed by atoms with Crippen LogP contribution in [0.5, 0.6) is 5.75 Å². The van der Waals surface area contributed by atoms with Gasteiger partial charge in [-0.1, -0.05) is 38.8 Å². The van der Waals surface area contributed by atoms with Gasteiger partial charge in [0.1, 0.15) is 5.75 Å². The molecule has 21 heavy (non-hydrogen) atoms. The molecule has 0 saturated carbocycles. The van der Waals surface area contributed by atoms with Crippen LogP contribution in [0.25, 0.3) is 0 Å². The molecule has 0 bridgehead atoms. The van der Waals surface area contributed by atoms with Crippen molar-refractivity contribution in [1.29, 1.82) is 0 Å². The fraction of sp³-hybridized carbons (Fsp3) is 0.588. The summed E-state index contributed by atoms with van der Waals surface area (Å²) in [6, 6.07) is 7.89. The summed E-state index contributed by atoms with van der Waals surface area (Å²) in [4.78, 5) is 12.2. The number of carbonyl (C=O) groups is 1. The van der Waals surface area contributed by atoms with E-state index in [0.29, 0.717) is 6.54 Å². The van der Waals surface area contributed by atoms with Gasteiger partial charge in [0.05, 0.1) is 12.2 Å². The number of fused-ring (bicyclic) bond motifs is 1. The highest BCUT2D eigenvalue weighted by molar-refractivity contribution is 5.83. The monoisotopic (exact) mass is 290 g/mol. The molecule has 0 fully saturated rings. The van der Waals surface area contributed by atoms with Crippen LogP contribution in [-0.4, -0.2) is 24.6 Å². The molecule has 1 aromatic rings. The van der Waals surface area contributed by atoms with E-state index in [1.54, 1.807) is 0 Å². The minimum atomic E-state index is -0.451. The molecular weight excluding hydrogens is 264 g/mol. The van der Waals surface area contributed by atoms with Crippen LogP contribution in [0.1, 0.15) is 40.0 Å². The molecule has 2 unspecified atom stereocenters. The van der Waals surface area contributed by atoms with Crippen LogP contribution in [0, 0.1) is 5.92 Å². The average molecular weight is 290 g/mol. The van der Waals surface area contributed by atoms with Crippen molar-refractivity contribution in [3.05, 3.63) is 24.3 Å². The van der Waals surface area contributed by atoms with E-state index in [1.807, 2.05) is 24.3 Å². The first-order valence-corrected chi connectivity index (χ1v) is 7.86. The molecule has 1 heterocycles. The molecule has 2 atom stereocenters. The molecule has 4 nitrogen and oxygen atoms in total. The largest absolute Gasteiger partial charge is 0.477 e. The van der Waals surface area contributed by atoms with E-state index in [2.05, 4.69) is 31.4 Å². The molecule has 0 radical (unpaired) electrons. The summed E-state index contributed by atoms with van der Waals surface area (Å²) in [5.41, 5.74) is 0.950. The molecule has 0 spiro atoms. The molecule has 116 valence electrons. The van der Waals surface area contributed by atoms with Gasteiger partial charge < -0.3 is 15.4 Å². The number of ether oxygens (including phenoxy) is 1. The van der Waals surface area contributed by atoms with Gasteiger partial charge in [0.2, 0.25) is 0 Å². The Hall–Kier alpha value is -1.71. The Bertz CT molecular complexity index is 474. The smallest absolute Gasteiger partial charge is 0.263 e. The fourth-order valence-corrected chi connectivity index (χ4v) is 2.50. The van der Waals surface area contributed by atoms with Gasteiger partial charge >= 0.3 is 0 Å². The minimum absolute atomic E-state index is 0.0333. The number of nitrogens with one attached hydrogen (secondary N) is 2. The van der Waals surface area contributed by atoms with Gasteiger partial charge in [0, 0.05) is 6.04 Å². The summed E-state index contributed by atoms with van der Waals surface area (Å²) in [5.74, 6) is 1.43. The number of carbonyl (C=O) groups excluding carboxylic acids is 1. The second-order valence-corrected chi connectivity index (χ2v) is 6.22. The van der Waals surface area contributed by atoms with Gasteiger partial charge in [-0.3, -0.25) is 4.79 Å². The van der Waals surface area contributed by atoms with E-state index in [1.165, 1.54) is 6.42 Å². The fourth-order valence-electron chi connectivity index (χ4n) is 2.50. The lowest BCUT2D eigenvalue weighted by molar-refractivity contribution is -0.128. The second kappa shape index (κ2) is 7.34. The maximum absolute atomic E-state index is 12.2. The lowest BCUT2D eigenvalue weighted by atomic mass is 10.0. The van der Waals surface area contributed by atoms with Crippen LogP contribution in [0.2, 0.25) is 0 Å². The predicted octanol–water partition coefficient (Wildman–Crippen LogP) is 3.19. The van der Waals surface area contributed by atoms with Crippen molar-refractivity contribution >= 4 is 11.6 Å². The average Bonchev–Trinajstić information content (AvgIpc) is 2.46. The number of hydrogen-bond donors (Lipinski definition) is 2. The summed E-state index contributed by atoms with van der Waals surface area (Å²) in [7, 11) is 0. The Labute approximate surface area is 127 Å². The van der Waals surface area contributed by atoms with E-state index in [9.17, 15) is 4.79 Å². The first-order valence-electron chi connectivity index (χ1n) is 7.86. The van der Waals surface area contributed by atoms with E-state index >= 15 is 0 Å². The van der Waals surface area contributed by atoms with E-state index in [4.69, 9.17) is 4.74 Å². The number of amides is 1. The van der Waals surface area contributed by atoms with Crippen LogP contribution in [-0.2, 0) is 4.79 Å². The molecule has 0 aliphatic carbocycles. The third kappa shape index (κ3) is 4.66. The lowest BCUT2D eigenvalue weighted by Crippen LogP contribution is -2.47. The molecule has 4 heteroatoms. The Morgan fingerprint density at radius 1 is 1.33 bits per heavy atom. The van der Waals surface area contributed by atoms with Crippen molar-refractivity contribution in [2.45, 2.75) is 52.2 Å². The standard InChI is InChI=1S/C17H26N2O2/c1-12(2)7-6-8-13(3)19-17(20)16-11-18-14-9-4-5-10-15(14)21-16/h4-5,9-10,12-13,16,18H,6-8,11H2,1-3H3,(H,19,20). The molecule has 1 amide bonds. The predicted molar refractivity (Wildman–Crippen MR) is 85.6 cm³/mol. The number of anilines is 1. The van der Waals surface area contributed by atoms with Gasteiger partial charge in [0.25, 0.3) is 5.91 Å². The van der Waals surface area contributed by atoms with Crippen LogP contribution in [0.3, 0.4) is 0 Å². The Morgan fingerprint density at radius 2 is 2.10 bits per heavy atom. The van der Waals surface area contributed by atoms with Crippen LogP contribution >= 0.6 is 0 Å². The normalized spacial score (nSPS) is 18.4. The maximum Gasteiger partial charge on any atom is 0.263 e. The molecule has 0 saturated heterocycles. The van der Waals surface area contributed by atoms with Gasteiger partial charge in [-0.05, 0) is 31.4 Å². The van der Waals surface area contributed by atoms with Crippen molar-refractivity contribution in [3.8, 4) is 5.75 Å². The quantitative estimate of drug-likeness (QED) is 0.846. The van der Waals surface area contributed by atoms with Crippen molar-refractivity contribution in [3.63, 3.8) is 0 Å². The van der Waals surface area contributed by atoms with E-state index in [-0.39, 0.29) is 11.9 Å². The third-order valence-corrected chi connectivity index (χ3v) is 3.73. The second-order valence-electron chi connectivity index (χ2n) is 6.22. The van der Waals surface area contributed by atoms with Crippen molar-refractivity contribution in [1.82, 2.24) is 5.32 Å². The first kappa shape index (κ1) is 15.7. The Morgan fingerprint density at radius 3 is 2.86 bits per heavy atom. The van der Waals surface area contributed by atoms with Crippen LogP contribution in [0.15, 0.2) is 24.3 Å². The summed E-state index contributed by atoms with van der Waals surface area (Å²) >= 11 is 0. The number of rotatable bonds is 6. The van der Waals surface area contributed by atoms with Gasteiger partial charge in [-0.2, -0.15) is 0 Å². The highest BCUT2D eigenvalue weighted by Crippen LogP contribution is 2.28. The van der Waals surface area contributed by atoms with Gasteiger partial charge in [0.15, 0.2) is 6.10 Å². The zero-order chi connectivity index (χ0) is 15.2. The van der Waals surface area contributed by atoms with E-state index < -0.39 is 6.10 Å². The third-order valence-electron chi connectivity index (χ3n) is 3.73. The SMILES string of the molecule is CC(C)CCCC(C)NC(=O)C1CNc2ccccc2O1. The summed E-state index contributed by atoms with van der Waals surface area (Å²) < 4.78 is 5.76. The van der Waals surface area contributed by atoms with Crippen LogP contribution in [0.4, 0.5) is 5.69 Å². The minimum Gasteiger partial charge on any atom is -0.477 e. The van der Waals surface area contributed by atoms with Gasteiger partial charge in [-0.15, -0.1) is 0 Å². The zero-order valence-electron chi connectivity index (χ0n) is 13.2. The number of para-hydroxylation sites is 2. The van der Waals surface area contributed by atoms with Crippen molar-refractivity contribution in [2.75, 3.05) is 11.9 Å². The summed E-state index contributed by atoms with van der Waals surface area (Å²) in [6.07, 6.45) is 2.91. The van der Waals surface area contributed by atoms with E-state index in [0.717, 1.165) is 30.2 Å². The Balaban J connectivity index is 1.79. The molecule has 1 aliphatic rings. The number of hydrogen-bond acceptors (Lipinski definition) is 3. The summed E-state index contributed by atoms with van der Waals surface area (Å²) in [5, 5.41) is 6.29. The molecule has 0 aromatic heterocycles. The van der Waals surface area contributed by atoms with Gasteiger partial charge in [-0.25, -0.2) is 0 Å². The first-order chi connectivity index (χ1) is 10.1. The highest BCUT2D eigenvalue weighted by Gasteiger charge is 2.26. The van der Waals surface area contributed by atoms with Crippen molar-refractivity contribution in [2.24, 2.45) is 5.92 Å². The molecule has 2 N–H and O–H groups in total. The zero-order valence-corrected chi connectivity index (χ0v) is 13.2. The van der Waals surface area contributed by atoms with Crippen molar-refractivity contribution < 1.29 is 9.53 Å². The summed E-state index contributed by atoms with van der Waals surface area (Å²) in [6.45, 7) is 7.02. The molecule has 2 rings (SSSR count). The number of benzene rings is 1. The molecule has 1 aliphatic heterocycles. The maximum atomic E-state index is 12.2. The molecular formula is C17H26N2O2. The highest BCUT2D eigenvalue weighted by atomic mass is 16.5. The topological polar surface area (TPSA) is 50.4 Å². The van der Waals surface area contributed by atoms with Crippen LogP contribution < -0.4 is 15.4 Å². The lowest BCUT2D eigenvalue weighted by Gasteiger charge is -2.27.